The van der Waals surface area contributed by atoms with E-state index in [0.717, 1.165) is 6.07 Å². The van der Waals surface area contributed by atoms with E-state index in [0.29, 0.717) is 11.9 Å². The van der Waals surface area contributed by atoms with Gasteiger partial charge in [0, 0.05) is 23.6 Å². The van der Waals surface area contributed by atoms with Crippen molar-refractivity contribution in [3.8, 4) is 11.3 Å². The molecule has 0 amide bonds. The summed E-state index contributed by atoms with van der Waals surface area (Å²) in [6.07, 6.45) is 0. The lowest BCUT2D eigenvalue weighted by atomic mass is 10.1. The van der Waals surface area contributed by atoms with Crippen LogP contribution < -0.4 is 5.73 Å². The molecule has 0 unspecified atom stereocenters. The second-order valence-corrected chi connectivity index (χ2v) is 5.57. The normalized spacial score (nSPS) is 11.7. The van der Waals surface area contributed by atoms with Gasteiger partial charge in [-0.2, -0.15) is 0 Å². The molecule has 2 aromatic rings. The number of nitrogens with zero attached hydrogens (tertiary/aromatic N) is 2. The number of nitrogen functional groups attached to an aromatic ring is 1. The molecule has 0 spiro atoms. The van der Waals surface area contributed by atoms with Gasteiger partial charge < -0.3 is 10.3 Å². The first-order valence-electron chi connectivity index (χ1n) is 6.76. The molecule has 114 valence electrons. The van der Waals surface area contributed by atoms with E-state index in [1.165, 1.54) is 0 Å². The molecule has 0 aliphatic heterocycles. The predicted molar refractivity (Wildman–Crippen MR) is 76.4 cm³/mol. The van der Waals surface area contributed by atoms with E-state index >= 15 is 0 Å². The Morgan fingerprint density at radius 1 is 1.00 bits per heavy atom. The highest BCUT2D eigenvalue weighted by Gasteiger charge is 2.23. The van der Waals surface area contributed by atoms with Crippen LogP contribution in [0.25, 0.3) is 11.3 Å². The zero-order chi connectivity index (χ0) is 15.9. The quantitative estimate of drug-likeness (QED) is 0.860. The lowest BCUT2D eigenvalue weighted by Gasteiger charge is -2.15. The highest BCUT2D eigenvalue weighted by Crippen LogP contribution is 2.34. The number of nitrogens with two attached hydrogens (primary N) is 1. The van der Waals surface area contributed by atoms with E-state index in [-0.39, 0.29) is 29.0 Å². The number of benzene rings is 1. The second-order valence-electron chi connectivity index (χ2n) is 5.57. The van der Waals surface area contributed by atoms with Gasteiger partial charge in [-0.1, -0.05) is 13.8 Å². The summed E-state index contributed by atoms with van der Waals surface area (Å²) in [4.78, 5) is 4.34. The van der Waals surface area contributed by atoms with E-state index in [4.69, 9.17) is 5.73 Å². The van der Waals surface area contributed by atoms with E-state index in [2.05, 4.69) is 4.98 Å². The number of aromatic nitrogens is 2. The van der Waals surface area contributed by atoms with E-state index in [9.17, 15) is 13.2 Å². The smallest absolute Gasteiger partial charge is 0.161 e. The van der Waals surface area contributed by atoms with Crippen molar-refractivity contribution >= 4 is 5.82 Å². The summed E-state index contributed by atoms with van der Waals surface area (Å²) in [7, 11) is 0. The Hall–Kier alpha value is -1.98. The fourth-order valence-electron chi connectivity index (χ4n) is 2.32. The van der Waals surface area contributed by atoms with E-state index < -0.39 is 17.5 Å². The van der Waals surface area contributed by atoms with Gasteiger partial charge in [0.15, 0.2) is 11.6 Å². The van der Waals surface area contributed by atoms with Crippen molar-refractivity contribution in [1.82, 2.24) is 9.55 Å². The predicted octanol–water partition coefficient (Wildman–Crippen LogP) is 4.25. The fraction of sp³-hybridized carbons (Fsp3) is 0.400. The molecular weight excluding hydrogens is 279 g/mol. The topological polar surface area (TPSA) is 43.8 Å². The number of imidazole rings is 1. The Bertz CT molecular complexity index is 675. The SMILES string of the molecule is CC(C)c1nc(-c2cc(F)c(F)cc2F)c(N)n1C(C)C. The van der Waals surface area contributed by atoms with Crippen LogP contribution in [0, 0.1) is 17.5 Å². The molecule has 0 aliphatic carbocycles. The third-order valence-electron chi connectivity index (χ3n) is 3.27. The molecule has 3 nitrogen and oxygen atoms in total. The molecule has 2 rings (SSSR count). The van der Waals surface area contributed by atoms with Crippen LogP contribution in [0.5, 0.6) is 0 Å². The summed E-state index contributed by atoms with van der Waals surface area (Å²) in [6.45, 7) is 7.72. The monoisotopic (exact) mass is 297 g/mol. The van der Waals surface area contributed by atoms with Crippen molar-refractivity contribution in [2.45, 2.75) is 39.7 Å². The first kappa shape index (κ1) is 15.4. The Morgan fingerprint density at radius 3 is 2.05 bits per heavy atom. The average Bonchev–Trinajstić information content (AvgIpc) is 2.72. The first-order valence-corrected chi connectivity index (χ1v) is 6.76. The largest absolute Gasteiger partial charge is 0.383 e. The Balaban J connectivity index is 2.71. The molecule has 0 atom stereocenters. The van der Waals surface area contributed by atoms with Crippen LogP contribution in [0.3, 0.4) is 0 Å². The second kappa shape index (κ2) is 5.42. The summed E-state index contributed by atoms with van der Waals surface area (Å²) < 4.78 is 42.1. The third kappa shape index (κ3) is 2.62. The molecule has 0 fully saturated rings. The van der Waals surface area contributed by atoms with Crippen LogP contribution in [-0.4, -0.2) is 9.55 Å². The van der Waals surface area contributed by atoms with Crippen LogP contribution in [0.1, 0.15) is 45.5 Å². The van der Waals surface area contributed by atoms with Gasteiger partial charge >= 0.3 is 0 Å². The van der Waals surface area contributed by atoms with Crippen molar-refractivity contribution in [1.29, 1.82) is 0 Å². The van der Waals surface area contributed by atoms with Gasteiger partial charge in [-0.15, -0.1) is 0 Å². The Morgan fingerprint density at radius 2 is 1.57 bits per heavy atom. The van der Waals surface area contributed by atoms with Crippen LogP contribution in [0.15, 0.2) is 12.1 Å². The van der Waals surface area contributed by atoms with E-state index in [1.54, 1.807) is 4.57 Å². The zero-order valence-electron chi connectivity index (χ0n) is 12.4. The zero-order valence-corrected chi connectivity index (χ0v) is 12.4. The number of anilines is 1. The maximum atomic E-state index is 13.9. The molecule has 0 saturated carbocycles. The minimum absolute atomic E-state index is 0.0250. The summed E-state index contributed by atoms with van der Waals surface area (Å²) in [5.74, 6) is -2.25. The molecule has 1 heterocycles. The van der Waals surface area contributed by atoms with Gasteiger partial charge in [0.2, 0.25) is 0 Å². The van der Waals surface area contributed by atoms with Gasteiger partial charge in [-0.3, -0.25) is 0 Å². The van der Waals surface area contributed by atoms with Crippen molar-refractivity contribution in [2.24, 2.45) is 0 Å². The molecule has 6 heteroatoms. The number of rotatable bonds is 3. The van der Waals surface area contributed by atoms with E-state index in [1.807, 2.05) is 27.7 Å². The molecule has 2 N–H and O–H groups in total. The van der Waals surface area contributed by atoms with Crippen LogP contribution >= 0.6 is 0 Å². The number of hydrogen-bond donors (Lipinski definition) is 1. The van der Waals surface area contributed by atoms with Crippen molar-refractivity contribution in [3.63, 3.8) is 0 Å². The van der Waals surface area contributed by atoms with Gasteiger partial charge in [-0.25, -0.2) is 18.2 Å². The maximum Gasteiger partial charge on any atom is 0.161 e. The van der Waals surface area contributed by atoms with Gasteiger partial charge in [-0.05, 0) is 19.9 Å². The number of halogens is 3. The van der Waals surface area contributed by atoms with Crippen LogP contribution in [0.2, 0.25) is 0 Å². The van der Waals surface area contributed by atoms with Crippen LogP contribution in [-0.2, 0) is 0 Å². The third-order valence-corrected chi connectivity index (χ3v) is 3.27. The lowest BCUT2D eigenvalue weighted by Crippen LogP contribution is -2.10. The highest BCUT2D eigenvalue weighted by atomic mass is 19.2. The molecule has 0 bridgehead atoms. The Labute approximate surface area is 121 Å². The molecule has 0 saturated heterocycles. The van der Waals surface area contributed by atoms with Crippen molar-refractivity contribution in [3.05, 3.63) is 35.4 Å². The number of hydrogen-bond acceptors (Lipinski definition) is 2. The average molecular weight is 297 g/mol. The summed E-state index contributed by atoms with van der Waals surface area (Å²) >= 11 is 0. The summed E-state index contributed by atoms with van der Waals surface area (Å²) in [5, 5.41) is 0. The van der Waals surface area contributed by atoms with Gasteiger partial charge in [0.05, 0.1) is 0 Å². The first-order chi connectivity index (χ1) is 9.73. The molecule has 0 radical (unpaired) electrons. The molecular formula is C15H18F3N3. The fourth-order valence-corrected chi connectivity index (χ4v) is 2.32. The highest BCUT2D eigenvalue weighted by molar-refractivity contribution is 5.72. The summed E-state index contributed by atoms with van der Waals surface area (Å²) in [5.41, 5.74) is 6.06. The van der Waals surface area contributed by atoms with Crippen LogP contribution in [0.4, 0.5) is 19.0 Å². The molecule has 21 heavy (non-hydrogen) atoms. The van der Waals surface area contributed by atoms with Gasteiger partial charge in [0.1, 0.15) is 23.2 Å². The minimum atomic E-state index is -1.23. The molecule has 1 aromatic heterocycles. The standard InChI is InChI=1S/C15H18F3N3/c1-7(2)15-20-13(14(19)21(15)8(3)4)9-5-11(17)12(18)6-10(9)16/h5-8H,19H2,1-4H3. The lowest BCUT2D eigenvalue weighted by molar-refractivity contribution is 0.496. The summed E-state index contributed by atoms with van der Waals surface area (Å²) in [6, 6.07) is 1.32. The van der Waals surface area contributed by atoms with Crippen molar-refractivity contribution < 1.29 is 13.2 Å². The molecule has 0 aliphatic rings. The molecule has 1 aromatic carbocycles. The Kier molecular flexibility index (Phi) is 3.98. The van der Waals surface area contributed by atoms with Crippen molar-refractivity contribution in [2.75, 3.05) is 5.73 Å². The minimum Gasteiger partial charge on any atom is -0.383 e. The van der Waals surface area contributed by atoms with Gasteiger partial charge in [0.25, 0.3) is 0 Å². The maximum absolute atomic E-state index is 13.9.